The average molecular weight is 445 g/mol. The molecule has 1 aliphatic heterocycles. The van der Waals surface area contributed by atoms with Crippen molar-refractivity contribution in [1.29, 1.82) is 0 Å². The normalized spacial score (nSPS) is 13.1. The average Bonchev–Trinajstić information content (AvgIpc) is 2.99. The Bertz CT molecular complexity index is 1300. The second-order valence-corrected chi connectivity index (χ2v) is 8.12. The van der Waals surface area contributed by atoms with Crippen molar-refractivity contribution in [3.63, 3.8) is 0 Å². The van der Waals surface area contributed by atoms with Crippen LogP contribution < -0.4 is 15.6 Å². The van der Waals surface area contributed by atoms with Crippen LogP contribution in [-0.2, 0) is 26.5 Å². The van der Waals surface area contributed by atoms with Crippen molar-refractivity contribution < 1.29 is 4.74 Å². The molecule has 0 amide bonds. The van der Waals surface area contributed by atoms with Gasteiger partial charge in [-0.15, -0.1) is 0 Å². The van der Waals surface area contributed by atoms with Gasteiger partial charge in [0.15, 0.2) is 0 Å². The van der Waals surface area contributed by atoms with Crippen LogP contribution in [0.2, 0.25) is 0 Å². The van der Waals surface area contributed by atoms with E-state index in [0.29, 0.717) is 12.4 Å². The Morgan fingerprint density at radius 2 is 1.88 bits per heavy atom. The van der Waals surface area contributed by atoms with Crippen molar-refractivity contribution in [2.24, 2.45) is 7.05 Å². The van der Waals surface area contributed by atoms with Crippen molar-refractivity contribution in [2.45, 2.75) is 40.2 Å². The van der Waals surface area contributed by atoms with Gasteiger partial charge in [-0.3, -0.25) is 14.3 Å². The van der Waals surface area contributed by atoms with E-state index in [1.54, 1.807) is 10.8 Å². The monoisotopic (exact) mass is 444 g/mol. The van der Waals surface area contributed by atoms with Crippen LogP contribution in [0.4, 0.5) is 0 Å². The third-order valence-electron chi connectivity index (χ3n) is 6.04. The summed E-state index contributed by atoms with van der Waals surface area (Å²) in [7, 11) is 2.12. The van der Waals surface area contributed by atoms with E-state index < -0.39 is 0 Å². The Hall–Kier alpha value is -3.38. The SMILES string of the molecule is CC.Cc1ccc(COc2ccn(-c3ccc4c5c(n(C)c4c3)CCNCC5)c(=O)c2)nc1. The van der Waals surface area contributed by atoms with Gasteiger partial charge in [-0.25, -0.2) is 0 Å². The molecular formula is C27H32N4O2. The molecule has 6 heteroatoms. The van der Waals surface area contributed by atoms with Crippen LogP contribution in [0.15, 0.2) is 59.7 Å². The maximum absolute atomic E-state index is 12.8. The highest BCUT2D eigenvalue weighted by atomic mass is 16.5. The molecule has 0 saturated heterocycles. The Kier molecular flexibility index (Phi) is 6.94. The van der Waals surface area contributed by atoms with Crippen molar-refractivity contribution in [1.82, 2.24) is 19.4 Å². The summed E-state index contributed by atoms with van der Waals surface area (Å²) >= 11 is 0. The minimum Gasteiger partial charge on any atom is -0.487 e. The van der Waals surface area contributed by atoms with E-state index in [9.17, 15) is 4.79 Å². The molecule has 0 radical (unpaired) electrons. The molecule has 4 aromatic rings. The van der Waals surface area contributed by atoms with Crippen LogP contribution in [0.1, 0.15) is 36.4 Å². The van der Waals surface area contributed by atoms with Crippen LogP contribution in [-0.4, -0.2) is 27.2 Å². The highest BCUT2D eigenvalue weighted by Gasteiger charge is 2.17. The number of fused-ring (bicyclic) bond motifs is 3. The van der Waals surface area contributed by atoms with E-state index >= 15 is 0 Å². The molecule has 0 fully saturated rings. The van der Waals surface area contributed by atoms with Crippen molar-refractivity contribution in [2.75, 3.05) is 13.1 Å². The molecule has 0 bridgehead atoms. The summed E-state index contributed by atoms with van der Waals surface area (Å²) < 4.78 is 9.71. The first-order chi connectivity index (χ1) is 16.1. The van der Waals surface area contributed by atoms with Gasteiger partial charge < -0.3 is 14.6 Å². The van der Waals surface area contributed by atoms with Gasteiger partial charge in [0.05, 0.1) is 16.9 Å². The number of hydrogen-bond donors (Lipinski definition) is 1. The summed E-state index contributed by atoms with van der Waals surface area (Å²) in [6, 6.07) is 13.6. The fourth-order valence-corrected chi connectivity index (χ4v) is 4.35. The largest absolute Gasteiger partial charge is 0.487 e. The predicted molar refractivity (Wildman–Crippen MR) is 133 cm³/mol. The maximum atomic E-state index is 12.8. The Balaban J connectivity index is 0.00000126. The van der Waals surface area contributed by atoms with Gasteiger partial charge in [-0.1, -0.05) is 26.0 Å². The lowest BCUT2D eigenvalue weighted by atomic mass is 10.1. The fourth-order valence-electron chi connectivity index (χ4n) is 4.35. The van der Waals surface area contributed by atoms with Gasteiger partial charge in [0.2, 0.25) is 0 Å². The van der Waals surface area contributed by atoms with E-state index in [1.165, 1.54) is 28.2 Å². The molecule has 6 nitrogen and oxygen atoms in total. The van der Waals surface area contributed by atoms with Crippen LogP contribution in [0, 0.1) is 6.92 Å². The molecule has 5 rings (SSSR count). The number of ether oxygens (including phenoxy) is 1. The van der Waals surface area contributed by atoms with Gasteiger partial charge in [-0.05, 0) is 55.3 Å². The number of benzene rings is 1. The third kappa shape index (κ3) is 4.71. The lowest BCUT2D eigenvalue weighted by Crippen LogP contribution is -2.17. The zero-order valence-electron chi connectivity index (χ0n) is 19.9. The molecule has 0 saturated carbocycles. The topological polar surface area (TPSA) is 61.1 Å². The molecule has 1 aliphatic rings. The Labute approximate surface area is 194 Å². The number of rotatable bonds is 4. The first kappa shape index (κ1) is 22.8. The van der Waals surface area contributed by atoms with Gasteiger partial charge in [0.1, 0.15) is 12.4 Å². The summed E-state index contributed by atoms with van der Waals surface area (Å²) in [6.07, 6.45) is 5.65. The molecule has 0 atom stereocenters. The van der Waals surface area contributed by atoms with Gasteiger partial charge >= 0.3 is 0 Å². The molecule has 0 unspecified atom stereocenters. The lowest BCUT2D eigenvalue weighted by molar-refractivity contribution is 0.300. The summed E-state index contributed by atoms with van der Waals surface area (Å²) in [5, 5.41) is 4.75. The van der Waals surface area contributed by atoms with Crippen molar-refractivity contribution >= 4 is 10.9 Å². The molecule has 0 aliphatic carbocycles. The number of aromatic nitrogens is 3. The van der Waals surface area contributed by atoms with Gasteiger partial charge in [0.25, 0.3) is 5.56 Å². The summed E-state index contributed by atoms with van der Waals surface area (Å²) in [4.78, 5) is 17.1. The molecule has 172 valence electrons. The number of nitrogens with one attached hydrogen (secondary N) is 1. The zero-order chi connectivity index (χ0) is 23.4. The second kappa shape index (κ2) is 10.0. The first-order valence-electron chi connectivity index (χ1n) is 11.7. The quantitative estimate of drug-likeness (QED) is 0.509. The lowest BCUT2D eigenvalue weighted by Gasteiger charge is -2.10. The van der Waals surface area contributed by atoms with Gasteiger partial charge in [-0.2, -0.15) is 0 Å². The molecule has 33 heavy (non-hydrogen) atoms. The molecule has 0 spiro atoms. The Morgan fingerprint density at radius 3 is 2.64 bits per heavy atom. The molecule has 1 aromatic carbocycles. The van der Waals surface area contributed by atoms with Gasteiger partial charge in [0, 0.05) is 49.6 Å². The molecule has 4 heterocycles. The van der Waals surface area contributed by atoms with Crippen LogP contribution in [0.25, 0.3) is 16.6 Å². The summed E-state index contributed by atoms with van der Waals surface area (Å²) in [5.74, 6) is 0.544. The second-order valence-electron chi connectivity index (χ2n) is 8.12. The molecule has 3 aromatic heterocycles. The summed E-state index contributed by atoms with van der Waals surface area (Å²) in [5.41, 5.74) is 6.66. The van der Waals surface area contributed by atoms with E-state index in [4.69, 9.17) is 4.74 Å². The number of hydrogen-bond acceptors (Lipinski definition) is 4. The highest BCUT2D eigenvalue weighted by molar-refractivity contribution is 5.87. The summed E-state index contributed by atoms with van der Waals surface area (Å²) in [6.45, 7) is 8.34. The van der Waals surface area contributed by atoms with E-state index in [2.05, 4.69) is 34.0 Å². The smallest absolute Gasteiger partial charge is 0.258 e. The van der Waals surface area contributed by atoms with Crippen molar-refractivity contribution in [3.8, 4) is 11.4 Å². The maximum Gasteiger partial charge on any atom is 0.258 e. The van der Waals surface area contributed by atoms with E-state index in [-0.39, 0.29) is 5.56 Å². The number of nitrogens with zero attached hydrogens (tertiary/aromatic N) is 3. The number of pyridine rings is 2. The van der Waals surface area contributed by atoms with Crippen LogP contribution in [0.3, 0.4) is 0 Å². The first-order valence-corrected chi connectivity index (χ1v) is 11.7. The minimum absolute atomic E-state index is 0.117. The number of aryl methyl sites for hydroxylation is 2. The standard InChI is InChI=1S/C25H26N4O2.C2H6/c1-17-3-4-18(27-15-17)16-31-20-9-12-29(25(30)14-20)19-5-6-21-22-7-10-26-11-8-23(22)28(2)24(21)13-19;1-2/h3-6,9,12-15,26H,7-8,10-11,16H2,1-2H3;1-2H3. The van der Waals surface area contributed by atoms with Crippen LogP contribution >= 0.6 is 0 Å². The van der Waals surface area contributed by atoms with E-state index in [1.807, 2.05) is 51.2 Å². The minimum atomic E-state index is -0.117. The predicted octanol–water partition coefficient (Wildman–Crippen LogP) is 4.33. The van der Waals surface area contributed by atoms with Crippen LogP contribution in [0.5, 0.6) is 5.75 Å². The highest BCUT2D eigenvalue weighted by Crippen LogP contribution is 2.29. The Morgan fingerprint density at radius 1 is 1.06 bits per heavy atom. The third-order valence-corrected chi connectivity index (χ3v) is 6.04. The van der Waals surface area contributed by atoms with E-state index in [0.717, 1.165) is 42.9 Å². The molecular weight excluding hydrogens is 412 g/mol. The fraction of sp³-hybridized carbons (Fsp3) is 0.333. The van der Waals surface area contributed by atoms with Crippen molar-refractivity contribution in [3.05, 3.63) is 87.7 Å². The zero-order valence-corrected chi connectivity index (χ0v) is 19.9. The molecule has 1 N–H and O–H groups in total.